The smallest absolute Gasteiger partial charge is 0.306 e. The van der Waals surface area contributed by atoms with Crippen molar-refractivity contribution in [3.8, 4) is 12.3 Å². The first kappa shape index (κ1) is 15.5. The maximum Gasteiger partial charge on any atom is 0.306 e. The maximum atomic E-state index is 11.2. The number of esters is 2. The van der Waals surface area contributed by atoms with Crippen LogP contribution in [0.25, 0.3) is 0 Å². The molecule has 0 aliphatic heterocycles. The first-order valence-electron chi connectivity index (χ1n) is 5.95. The molecule has 0 fully saturated rings. The van der Waals surface area contributed by atoms with E-state index in [4.69, 9.17) is 11.2 Å². The molecule has 0 saturated carbocycles. The van der Waals surface area contributed by atoms with Crippen LogP contribution in [-0.4, -0.2) is 25.2 Å². The van der Waals surface area contributed by atoms with Gasteiger partial charge in [0, 0.05) is 12.8 Å². The number of carbonyl (C=O) groups excluding carboxylic acids is 2. The fourth-order valence-corrected chi connectivity index (χ4v) is 1.14. The molecule has 0 aromatic carbocycles. The molecule has 4 nitrogen and oxygen atoms in total. The minimum Gasteiger partial charge on any atom is -0.466 e. The lowest BCUT2D eigenvalue weighted by atomic mass is 10.2. The van der Waals surface area contributed by atoms with E-state index in [1.54, 1.807) is 0 Å². The summed E-state index contributed by atoms with van der Waals surface area (Å²) in [5.74, 6) is 1.70. The molecule has 0 bridgehead atoms. The van der Waals surface area contributed by atoms with Crippen molar-refractivity contribution in [2.45, 2.75) is 45.4 Å². The van der Waals surface area contributed by atoms with Crippen molar-refractivity contribution in [3.05, 3.63) is 0 Å². The van der Waals surface area contributed by atoms with E-state index in [1.807, 2.05) is 6.92 Å². The number of carbonyl (C=O) groups is 2. The van der Waals surface area contributed by atoms with Crippen molar-refractivity contribution in [2.24, 2.45) is 0 Å². The molecule has 0 unspecified atom stereocenters. The van der Waals surface area contributed by atoms with E-state index in [-0.39, 0.29) is 18.5 Å². The number of terminal acetylenes is 1. The van der Waals surface area contributed by atoms with E-state index in [1.165, 1.54) is 0 Å². The van der Waals surface area contributed by atoms with Crippen LogP contribution >= 0.6 is 0 Å². The predicted octanol–water partition coefficient (Wildman–Crippen LogP) is 2.07. The summed E-state index contributed by atoms with van der Waals surface area (Å²) in [5.41, 5.74) is 0. The fraction of sp³-hybridized carbons (Fsp3) is 0.692. The summed E-state index contributed by atoms with van der Waals surface area (Å²) < 4.78 is 9.66. The van der Waals surface area contributed by atoms with Crippen LogP contribution < -0.4 is 0 Å². The third-order valence-electron chi connectivity index (χ3n) is 2.09. The first-order chi connectivity index (χ1) is 8.20. The first-order valence-corrected chi connectivity index (χ1v) is 5.95. The van der Waals surface area contributed by atoms with Gasteiger partial charge >= 0.3 is 11.9 Å². The molecule has 0 aromatic rings. The molecule has 0 aliphatic rings. The normalized spacial score (nSPS) is 9.41. The van der Waals surface area contributed by atoms with E-state index in [9.17, 15) is 9.59 Å². The van der Waals surface area contributed by atoms with Crippen LogP contribution in [0.3, 0.4) is 0 Å². The van der Waals surface area contributed by atoms with Crippen LogP contribution in [0, 0.1) is 12.3 Å². The zero-order valence-electron chi connectivity index (χ0n) is 10.4. The van der Waals surface area contributed by atoms with Gasteiger partial charge in [-0.15, -0.1) is 6.42 Å². The highest BCUT2D eigenvalue weighted by molar-refractivity contribution is 5.70. The molecule has 0 spiro atoms. The predicted molar refractivity (Wildman–Crippen MR) is 64.1 cm³/mol. The summed E-state index contributed by atoms with van der Waals surface area (Å²) in [4.78, 5) is 22.2. The Labute approximate surface area is 103 Å². The number of hydrogen-bond donors (Lipinski definition) is 0. The van der Waals surface area contributed by atoms with Crippen molar-refractivity contribution in [2.75, 3.05) is 13.2 Å². The lowest BCUT2D eigenvalue weighted by Gasteiger charge is -2.03. The lowest BCUT2D eigenvalue weighted by Crippen LogP contribution is -2.07. The van der Waals surface area contributed by atoms with Crippen LogP contribution in [0.5, 0.6) is 0 Å². The quantitative estimate of drug-likeness (QED) is 0.352. The van der Waals surface area contributed by atoms with Gasteiger partial charge in [-0.05, 0) is 19.3 Å². The van der Waals surface area contributed by atoms with Gasteiger partial charge < -0.3 is 9.47 Å². The molecule has 96 valence electrons. The third kappa shape index (κ3) is 10.8. The lowest BCUT2D eigenvalue weighted by molar-refractivity contribution is -0.145. The van der Waals surface area contributed by atoms with Gasteiger partial charge in [0.25, 0.3) is 0 Å². The molecule has 0 aliphatic carbocycles. The number of hydrogen-bond acceptors (Lipinski definition) is 4. The molecule has 0 heterocycles. The Balaban J connectivity index is 3.35. The van der Waals surface area contributed by atoms with Crippen LogP contribution in [0.1, 0.15) is 45.4 Å². The van der Waals surface area contributed by atoms with Gasteiger partial charge in [0.1, 0.15) is 0 Å². The summed E-state index contributed by atoms with van der Waals surface area (Å²) in [5, 5.41) is 0. The Morgan fingerprint density at radius 2 is 1.65 bits per heavy atom. The molecule has 0 aromatic heterocycles. The topological polar surface area (TPSA) is 52.6 Å². The van der Waals surface area contributed by atoms with Gasteiger partial charge in [0.2, 0.25) is 0 Å². The van der Waals surface area contributed by atoms with Crippen LogP contribution in [0.4, 0.5) is 0 Å². The van der Waals surface area contributed by atoms with Gasteiger partial charge in [-0.2, -0.15) is 0 Å². The van der Waals surface area contributed by atoms with E-state index in [0.717, 1.165) is 12.8 Å². The summed E-state index contributed by atoms with van der Waals surface area (Å²) >= 11 is 0. The van der Waals surface area contributed by atoms with Gasteiger partial charge in [-0.25, -0.2) is 0 Å². The van der Waals surface area contributed by atoms with E-state index >= 15 is 0 Å². The standard InChI is InChI=1S/C13H20O4/c1-3-5-11-17-13(15)9-7-6-8-12(14)16-10-4-2/h2H,3,5-11H2,1H3. The molecule has 0 rings (SSSR count). The molecule has 17 heavy (non-hydrogen) atoms. The zero-order valence-corrected chi connectivity index (χ0v) is 10.4. The molecule has 0 saturated heterocycles. The summed E-state index contributed by atoms with van der Waals surface area (Å²) in [7, 11) is 0. The van der Waals surface area contributed by atoms with Crippen LogP contribution in [0.2, 0.25) is 0 Å². The minimum atomic E-state index is -0.317. The largest absolute Gasteiger partial charge is 0.466 e. The third-order valence-corrected chi connectivity index (χ3v) is 2.09. The van der Waals surface area contributed by atoms with Crippen molar-refractivity contribution in [3.63, 3.8) is 0 Å². The Morgan fingerprint density at radius 3 is 2.18 bits per heavy atom. The molecule has 0 N–H and O–H groups in total. The van der Waals surface area contributed by atoms with Gasteiger partial charge in [0.05, 0.1) is 6.61 Å². The van der Waals surface area contributed by atoms with Gasteiger partial charge in [-0.3, -0.25) is 9.59 Å². The second kappa shape index (κ2) is 11.0. The summed E-state index contributed by atoms with van der Waals surface area (Å²) in [6, 6.07) is 0. The van der Waals surface area contributed by atoms with Crippen molar-refractivity contribution in [1.82, 2.24) is 0 Å². The fourth-order valence-electron chi connectivity index (χ4n) is 1.14. The number of rotatable bonds is 9. The number of unbranched alkanes of at least 4 members (excludes halogenated alkanes) is 2. The highest BCUT2D eigenvalue weighted by Crippen LogP contribution is 2.03. The second-order valence-electron chi connectivity index (χ2n) is 3.65. The monoisotopic (exact) mass is 240 g/mol. The van der Waals surface area contributed by atoms with E-state index in [0.29, 0.717) is 32.3 Å². The second-order valence-corrected chi connectivity index (χ2v) is 3.65. The molecular weight excluding hydrogens is 220 g/mol. The molecule has 0 radical (unpaired) electrons. The van der Waals surface area contributed by atoms with Crippen molar-refractivity contribution < 1.29 is 19.1 Å². The van der Waals surface area contributed by atoms with Crippen molar-refractivity contribution in [1.29, 1.82) is 0 Å². The highest BCUT2D eigenvalue weighted by atomic mass is 16.5. The van der Waals surface area contributed by atoms with Crippen LogP contribution in [-0.2, 0) is 19.1 Å². The van der Waals surface area contributed by atoms with Crippen molar-refractivity contribution >= 4 is 11.9 Å². The average Bonchev–Trinajstić information content (AvgIpc) is 2.32. The number of ether oxygens (including phenoxy) is 2. The van der Waals surface area contributed by atoms with Crippen LogP contribution in [0.15, 0.2) is 0 Å². The minimum absolute atomic E-state index is 0.0118. The van der Waals surface area contributed by atoms with E-state index < -0.39 is 0 Å². The Morgan fingerprint density at radius 1 is 1.06 bits per heavy atom. The Kier molecular flexibility index (Phi) is 10.0. The molecule has 4 heteroatoms. The molecule has 0 atom stereocenters. The molecule has 0 amide bonds. The van der Waals surface area contributed by atoms with E-state index in [2.05, 4.69) is 10.7 Å². The highest BCUT2D eigenvalue weighted by Gasteiger charge is 2.05. The summed E-state index contributed by atoms with van der Waals surface area (Å²) in [6.45, 7) is 2.53. The maximum absolute atomic E-state index is 11.2. The van der Waals surface area contributed by atoms with Gasteiger partial charge in [0.15, 0.2) is 6.61 Å². The average molecular weight is 240 g/mol. The SMILES string of the molecule is C#CCOC(=O)CCCCC(=O)OCCCC. The molecular formula is C13H20O4. The Hall–Kier alpha value is -1.50. The zero-order chi connectivity index (χ0) is 12.9. The Bertz CT molecular complexity index is 265. The van der Waals surface area contributed by atoms with Gasteiger partial charge in [-0.1, -0.05) is 19.3 Å². The summed E-state index contributed by atoms with van der Waals surface area (Å²) in [6.07, 6.45) is 8.74.